The number of ether oxygens (including phenoxy) is 1. The monoisotopic (exact) mass is 205 g/mol. The third-order valence-corrected chi connectivity index (χ3v) is 2.21. The summed E-state index contributed by atoms with van der Waals surface area (Å²) < 4.78 is 6.49. The van der Waals surface area contributed by atoms with Gasteiger partial charge in [0, 0.05) is 30.6 Å². The maximum atomic E-state index is 11.8. The number of rotatable bonds is 2. The van der Waals surface area contributed by atoms with Crippen LogP contribution in [0.25, 0.3) is 5.65 Å². The van der Waals surface area contributed by atoms with E-state index in [0.717, 1.165) is 0 Å². The predicted molar refractivity (Wildman–Crippen MR) is 55.9 cm³/mol. The first-order valence-corrected chi connectivity index (χ1v) is 4.50. The molecule has 15 heavy (non-hydrogen) atoms. The quantitative estimate of drug-likeness (QED) is 0.758. The first-order chi connectivity index (χ1) is 7.26. The second kappa shape index (κ2) is 3.70. The summed E-state index contributed by atoms with van der Waals surface area (Å²) >= 11 is 0. The van der Waals surface area contributed by atoms with E-state index in [2.05, 4.69) is 4.98 Å². The van der Waals surface area contributed by atoms with Gasteiger partial charge in [-0.1, -0.05) is 0 Å². The Morgan fingerprint density at radius 1 is 1.60 bits per heavy atom. The Bertz CT molecular complexity index is 548. The third kappa shape index (κ3) is 1.57. The third-order valence-electron chi connectivity index (χ3n) is 2.21. The van der Waals surface area contributed by atoms with Gasteiger partial charge in [0.2, 0.25) is 0 Å². The highest BCUT2D eigenvalue weighted by Crippen LogP contribution is 2.10. The van der Waals surface area contributed by atoms with Crippen LogP contribution in [-0.2, 0) is 6.54 Å². The van der Waals surface area contributed by atoms with E-state index < -0.39 is 0 Å². The Kier molecular flexibility index (Phi) is 2.39. The fraction of sp³-hybridized carbons (Fsp3) is 0.200. The van der Waals surface area contributed by atoms with E-state index in [9.17, 15) is 4.79 Å². The van der Waals surface area contributed by atoms with Gasteiger partial charge in [-0.25, -0.2) is 4.98 Å². The molecular weight excluding hydrogens is 194 g/mol. The van der Waals surface area contributed by atoms with Crippen LogP contribution in [0.3, 0.4) is 0 Å². The first kappa shape index (κ1) is 9.67. The van der Waals surface area contributed by atoms with Crippen LogP contribution in [0.2, 0.25) is 0 Å². The first-order valence-electron chi connectivity index (χ1n) is 4.50. The molecule has 0 aliphatic rings. The molecule has 0 unspecified atom stereocenters. The van der Waals surface area contributed by atoms with Crippen molar-refractivity contribution in [2.75, 3.05) is 7.11 Å². The van der Waals surface area contributed by atoms with Crippen LogP contribution in [0, 0.1) is 0 Å². The highest BCUT2D eigenvalue weighted by Gasteiger charge is 2.03. The highest BCUT2D eigenvalue weighted by molar-refractivity contribution is 5.44. The lowest BCUT2D eigenvalue weighted by Gasteiger charge is -2.04. The maximum Gasteiger partial charge on any atom is 0.262 e. The second-order valence-corrected chi connectivity index (χ2v) is 3.09. The molecule has 2 N–H and O–H groups in total. The molecule has 0 fully saturated rings. The Morgan fingerprint density at radius 3 is 3.07 bits per heavy atom. The normalized spacial score (nSPS) is 10.5. The summed E-state index contributed by atoms with van der Waals surface area (Å²) in [5, 5.41) is 0. The molecule has 2 aromatic heterocycles. The molecule has 5 nitrogen and oxygen atoms in total. The lowest BCUT2D eigenvalue weighted by atomic mass is 10.3. The van der Waals surface area contributed by atoms with Crippen LogP contribution < -0.4 is 16.0 Å². The number of hydrogen-bond acceptors (Lipinski definition) is 4. The van der Waals surface area contributed by atoms with Crippen LogP contribution in [0.1, 0.15) is 5.56 Å². The van der Waals surface area contributed by atoms with E-state index in [-0.39, 0.29) is 12.1 Å². The lowest BCUT2D eigenvalue weighted by molar-refractivity contribution is 0.414. The standard InChI is InChI=1S/C10H11N3O2/c1-15-8-2-3-13-9(4-8)12-6-7(5-11)10(13)14/h2-4,6H,5,11H2,1H3. The van der Waals surface area contributed by atoms with Gasteiger partial charge in [-0.15, -0.1) is 0 Å². The van der Waals surface area contributed by atoms with Gasteiger partial charge < -0.3 is 10.5 Å². The Morgan fingerprint density at radius 2 is 2.40 bits per heavy atom. The lowest BCUT2D eigenvalue weighted by Crippen LogP contribution is -2.21. The molecule has 0 bridgehead atoms. The topological polar surface area (TPSA) is 69.6 Å². The van der Waals surface area contributed by atoms with Gasteiger partial charge in [0.1, 0.15) is 11.4 Å². The summed E-state index contributed by atoms with van der Waals surface area (Å²) in [6.45, 7) is 0.195. The van der Waals surface area contributed by atoms with Crippen molar-refractivity contribution in [1.29, 1.82) is 0 Å². The Labute approximate surface area is 86.1 Å². The van der Waals surface area contributed by atoms with Crippen LogP contribution in [0.5, 0.6) is 5.75 Å². The van der Waals surface area contributed by atoms with Crippen molar-refractivity contribution in [2.24, 2.45) is 5.73 Å². The largest absolute Gasteiger partial charge is 0.497 e. The molecule has 0 radical (unpaired) electrons. The summed E-state index contributed by atoms with van der Waals surface area (Å²) in [6, 6.07) is 3.40. The predicted octanol–water partition coefficient (Wildman–Crippen LogP) is 0.162. The molecule has 0 saturated carbocycles. The van der Waals surface area contributed by atoms with E-state index in [4.69, 9.17) is 10.5 Å². The van der Waals surface area contributed by atoms with Gasteiger partial charge in [-0.3, -0.25) is 9.20 Å². The van der Waals surface area contributed by atoms with E-state index >= 15 is 0 Å². The average Bonchev–Trinajstić information content (AvgIpc) is 2.29. The second-order valence-electron chi connectivity index (χ2n) is 3.09. The number of nitrogens with two attached hydrogens (primary N) is 1. The van der Waals surface area contributed by atoms with Gasteiger partial charge in [-0.2, -0.15) is 0 Å². The summed E-state index contributed by atoms with van der Waals surface area (Å²) in [6.07, 6.45) is 3.12. The fourth-order valence-corrected chi connectivity index (χ4v) is 1.36. The molecule has 0 spiro atoms. The Hall–Kier alpha value is -1.88. The van der Waals surface area contributed by atoms with E-state index in [1.807, 2.05) is 0 Å². The molecular formula is C10H11N3O2. The van der Waals surface area contributed by atoms with E-state index in [1.54, 1.807) is 25.4 Å². The molecule has 5 heteroatoms. The smallest absolute Gasteiger partial charge is 0.262 e. The SMILES string of the molecule is COc1ccn2c(=O)c(CN)cnc2c1. The highest BCUT2D eigenvalue weighted by atomic mass is 16.5. The molecule has 2 heterocycles. The molecule has 0 aromatic carbocycles. The number of hydrogen-bond donors (Lipinski definition) is 1. The molecule has 0 aliphatic heterocycles. The molecule has 0 aliphatic carbocycles. The van der Waals surface area contributed by atoms with Crippen LogP contribution >= 0.6 is 0 Å². The van der Waals surface area contributed by atoms with Gasteiger partial charge in [0.05, 0.1) is 7.11 Å². The zero-order valence-corrected chi connectivity index (χ0v) is 8.30. The number of fused-ring (bicyclic) bond motifs is 1. The molecule has 0 atom stereocenters. The average molecular weight is 205 g/mol. The van der Waals surface area contributed by atoms with Crippen LogP contribution in [0.4, 0.5) is 0 Å². The van der Waals surface area contributed by atoms with Gasteiger partial charge in [0.15, 0.2) is 0 Å². The molecule has 2 rings (SSSR count). The van der Waals surface area contributed by atoms with Crippen LogP contribution in [0.15, 0.2) is 29.3 Å². The van der Waals surface area contributed by atoms with Crippen molar-refractivity contribution >= 4 is 5.65 Å². The Balaban J connectivity index is 2.74. The van der Waals surface area contributed by atoms with Crippen molar-refractivity contribution in [3.8, 4) is 5.75 Å². The molecule has 78 valence electrons. The molecule has 0 amide bonds. The maximum absolute atomic E-state index is 11.8. The number of methoxy groups -OCH3 is 1. The minimum atomic E-state index is -0.134. The minimum Gasteiger partial charge on any atom is -0.497 e. The molecule has 2 aromatic rings. The summed E-state index contributed by atoms with van der Waals surface area (Å²) in [5.41, 5.74) is 6.34. The van der Waals surface area contributed by atoms with Crippen molar-refractivity contribution in [1.82, 2.24) is 9.38 Å². The summed E-state index contributed by atoms with van der Waals surface area (Å²) in [5.74, 6) is 0.669. The zero-order valence-electron chi connectivity index (χ0n) is 8.30. The fourth-order valence-electron chi connectivity index (χ4n) is 1.36. The van der Waals surface area contributed by atoms with Crippen molar-refractivity contribution in [3.05, 3.63) is 40.4 Å². The van der Waals surface area contributed by atoms with Gasteiger partial charge in [-0.05, 0) is 6.07 Å². The number of pyridine rings is 1. The summed E-state index contributed by atoms with van der Waals surface area (Å²) in [4.78, 5) is 15.9. The van der Waals surface area contributed by atoms with Crippen LogP contribution in [-0.4, -0.2) is 16.5 Å². The summed E-state index contributed by atoms with van der Waals surface area (Å²) in [7, 11) is 1.57. The van der Waals surface area contributed by atoms with Gasteiger partial charge in [0.25, 0.3) is 5.56 Å². The van der Waals surface area contributed by atoms with E-state index in [0.29, 0.717) is 17.0 Å². The molecule has 0 saturated heterocycles. The van der Waals surface area contributed by atoms with Crippen molar-refractivity contribution < 1.29 is 4.74 Å². The van der Waals surface area contributed by atoms with E-state index in [1.165, 1.54) is 10.6 Å². The van der Waals surface area contributed by atoms with Crippen molar-refractivity contribution in [3.63, 3.8) is 0 Å². The van der Waals surface area contributed by atoms with Gasteiger partial charge >= 0.3 is 0 Å². The zero-order chi connectivity index (χ0) is 10.8. The van der Waals surface area contributed by atoms with Crippen molar-refractivity contribution in [2.45, 2.75) is 6.54 Å². The number of nitrogens with zero attached hydrogens (tertiary/aromatic N) is 2. The minimum absolute atomic E-state index is 0.134. The number of aromatic nitrogens is 2.